The highest BCUT2D eigenvalue weighted by atomic mass is 16.5. The van der Waals surface area contributed by atoms with Gasteiger partial charge in [-0.15, -0.1) is 0 Å². The summed E-state index contributed by atoms with van der Waals surface area (Å²) in [7, 11) is 2.04. The predicted octanol–water partition coefficient (Wildman–Crippen LogP) is 2.57. The molecular weight excluding hydrogens is 342 g/mol. The summed E-state index contributed by atoms with van der Waals surface area (Å²) in [6.45, 7) is 7.52. The number of imidazole rings is 1. The molecule has 2 fully saturated rings. The number of nitrogens with zero attached hydrogens (tertiary/aromatic N) is 5. The van der Waals surface area contributed by atoms with E-state index in [2.05, 4.69) is 24.5 Å². The fraction of sp³-hybridized carbons (Fsp3) is 0.650. The van der Waals surface area contributed by atoms with Crippen molar-refractivity contribution in [3.8, 4) is 0 Å². The molecule has 0 unspecified atom stereocenters. The monoisotopic (exact) mass is 371 g/mol. The minimum absolute atomic E-state index is 0.0194. The highest BCUT2D eigenvalue weighted by molar-refractivity contribution is 5.79. The first kappa shape index (κ1) is 18.2. The summed E-state index contributed by atoms with van der Waals surface area (Å²) in [4.78, 5) is 21.6. The highest BCUT2D eigenvalue weighted by Crippen LogP contribution is 2.40. The van der Waals surface area contributed by atoms with Crippen molar-refractivity contribution >= 4 is 5.91 Å². The molecule has 1 spiro atoms. The molecule has 27 heavy (non-hydrogen) atoms. The van der Waals surface area contributed by atoms with E-state index in [0.29, 0.717) is 13.0 Å². The second-order valence-electron chi connectivity index (χ2n) is 8.13. The van der Waals surface area contributed by atoms with Crippen LogP contribution in [0.2, 0.25) is 0 Å². The van der Waals surface area contributed by atoms with Gasteiger partial charge in [0.25, 0.3) is 0 Å². The van der Waals surface area contributed by atoms with E-state index in [1.54, 1.807) is 0 Å². The Labute approximate surface area is 160 Å². The second kappa shape index (κ2) is 7.11. The molecule has 2 aromatic rings. The van der Waals surface area contributed by atoms with Gasteiger partial charge in [0.2, 0.25) is 5.91 Å². The van der Waals surface area contributed by atoms with Gasteiger partial charge < -0.3 is 14.0 Å². The van der Waals surface area contributed by atoms with E-state index in [1.165, 1.54) is 5.69 Å². The fourth-order valence-electron chi connectivity index (χ4n) is 4.69. The molecule has 4 rings (SSSR count). The zero-order valence-electron chi connectivity index (χ0n) is 16.6. The van der Waals surface area contributed by atoms with Crippen LogP contribution in [0.1, 0.15) is 54.8 Å². The van der Waals surface area contributed by atoms with Gasteiger partial charge in [-0.1, -0.05) is 5.16 Å². The number of carbonyl (C=O) groups excluding carboxylic acids is 1. The molecule has 7 nitrogen and oxygen atoms in total. The van der Waals surface area contributed by atoms with Crippen molar-refractivity contribution in [2.45, 2.75) is 64.6 Å². The first-order valence-electron chi connectivity index (χ1n) is 9.88. The van der Waals surface area contributed by atoms with E-state index in [4.69, 9.17) is 4.52 Å². The lowest BCUT2D eigenvalue weighted by molar-refractivity contribution is -0.132. The molecule has 7 heteroatoms. The molecule has 0 bridgehead atoms. The number of amides is 1. The smallest absolute Gasteiger partial charge is 0.223 e. The van der Waals surface area contributed by atoms with E-state index >= 15 is 0 Å². The topological polar surface area (TPSA) is 67.4 Å². The molecule has 2 aliphatic rings. The average molecular weight is 371 g/mol. The van der Waals surface area contributed by atoms with E-state index in [1.807, 2.05) is 33.4 Å². The summed E-state index contributed by atoms with van der Waals surface area (Å²) in [5.41, 5.74) is 3.18. The van der Waals surface area contributed by atoms with Crippen LogP contribution in [0, 0.1) is 13.8 Å². The molecule has 2 aliphatic heterocycles. The molecule has 0 aliphatic carbocycles. The lowest BCUT2D eigenvalue weighted by atomic mass is 9.87. The molecule has 2 saturated heterocycles. The van der Waals surface area contributed by atoms with Gasteiger partial charge in [-0.25, -0.2) is 4.98 Å². The predicted molar refractivity (Wildman–Crippen MR) is 101 cm³/mol. The lowest BCUT2D eigenvalue weighted by Crippen LogP contribution is -2.46. The molecule has 0 radical (unpaired) electrons. The largest absolute Gasteiger partial charge is 0.361 e. The summed E-state index contributed by atoms with van der Waals surface area (Å²) in [6.07, 6.45) is 8.65. The molecule has 0 saturated carbocycles. The Morgan fingerprint density at radius 2 is 2.04 bits per heavy atom. The summed E-state index contributed by atoms with van der Waals surface area (Å²) in [5, 5.41) is 4.07. The van der Waals surface area contributed by atoms with Crippen LogP contribution < -0.4 is 0 Å². The second-order valence-corrected chi connectivity index (χ2v) is 8.13. The van der Waals surface area contributed by atoms with Crippen LogP contribution in [0.5, 0.6) is 0 Å². The summed E-state index contributed by atoms with van der Waals surface area (Å²) in [6, 6.07) is 0. The van der Waals surface area contributed by atoms with Gasteiger partial charge in [-0.05, 0) is 46.1 Å². The Morgan fingerprint density at radius 3 is 2.74 bits per heavy atom. The molecule has 0 N–H and O–H groups in total. The van der Waals surface area contributed by atoms with Gasteiger partial charge in [0.05, 0.1) is 24.3 Å². The van der Waals surface area contributed by atoms with E-state index in [0.717, 1.165) is 62.3 Å². The minimum Gasteiger partial charge on any atom is -0.361 e. The normalized spacial score (nSPS) is 24.1. The van der Waals surface area contributed by atoms with Gasteiger partial charge in [-0.3, -0.25) is 9.69 Å². The third-order valence-electron chi connectivity index (χ3n) is 6.49. The molecule has 1 atom stereocenters. The van der Waals surface area contributed by atoms with Crippen molar-refractivity contribution in [2.75, 3.05) is 13.1 Å². The Hall–Kier alpha value is -2.15. The highest BCUT2D eigenvalue weighted by Gasteiger charge is 2.46. The first-order chi connectivity index (χ1) is 13.0. The van der Waals surface area contributed by atoms with Gasteiger partial charge in [-0.2, -0.15) is 0 Å². The van der Waals surface area contributed by atoms with Crippen LogP contribution in [0.25, 0.3) is 0 Å². The van der Waals surface area contributed by atoms with Gasteiger partial charge in [0, 0.05) is 43.9 Å². The summed E-state index contributed by atoms with van der Waals surface area (Å²) >= 11 is 0. The van der Waals surface area contributed by atoms with Crippen molar-refractivity contribution in [2.24, 2.45) is 7.05 Å². The number of hydrogen-bond acceptors (Lipinski definition) is 5. The lowest BCUT2D eigenvalue weighted by Gasteiger charge is -2.38. The number of aromatic nitrogens is 3. The molecule has 1 amide bonds. The van der Waals surface area contributed by atoms with Crippen LogP contribution in [-0.2, 0) is 24.9 Å². The van der Waals surface area contributed by atoms with Crippen LogP contribution in [0.3, 0.4) is 0 Å². The van der Waals surface area contributed by atoms with Crippen LogP contribution in [0.15, 0.2) is 17.0 Å². The Kier molecular flexibility index (Phi) is 4.80. The fourth-order valence-corrected chi connectivity index (χ4v) is 4.69. The molecule has 4 heterocycles. The van der Waals surface area contributed by atoms with Crippen molar-refractivity contribution in [1.82, 2.24) is 24.5 Å². The zero-order valence-corrected chi connectivity index (χ0v) is 16.6. The van der Waals surface area contributed by atoms with Crippen molar-refractivity contribution in [3.63, 3.8) is 0 Å². The van der Waals surface area contributed by atoms with E-state index in [9.17, 15) is 4.79 Å². The van der Waals surface area contributed by atoms with Gasteiger partial charge in [0.1, 0.15) is 5.76 Å². The number of likely N-dealkylation sites (tertiary alicyclic amines) is 2. The maximum atomic E-state index is 12.7. The van der Waals surface area contributed by atoms with E-state index < -0.39 is 0 Å². The number of rotatable bonds is 4. The first-order valence-corrected chi connectivity index (χ1v) is 9.88. The third-order valence-corrected chi connectivity index (χ3v) is 6.49. The molecule has 146 valence electrons. The minimum atomic E-state index is -0.0194. The quantitative estimate of drug-likeness (QED) is 0.826. The average Bonchev–Trinajstić information content (AvgIpc) is 3.22. The van der Waals surface area contributed by atoms with Crippen molar-refractivity contribution in [3.05, 3.63) is 35.2 Å². The molecule has 2 aromatic heterocycles. The Balaban J connectivity index is 1.49. The van der Waals surface area contributed by atoms with E-state index in [-0.39, 0.29) is 11.4 Å². The van der Waals surface area contributed by atoms with Crippen LogP contribution in [0.4, 0.5) is 0 Å². The Bertz CT molecular complexity index is 807. The molecule has 0 aromatic carbocycles. The third kappa shape index (κ3) is 3.40. The number of carbonyl (C=O) groups is 1. The van der Waals surface area contributed by atoms with Crippen molar-refractivity contribution < 1.29 is 9.32 Å². The van der Waals surface area contributed by atoms with Crippen LogP contribution in [-0.4, -0.2) is 49.0 Å². The van der Waals surface area contributed by atoms with Crippen molar-refractivity contribution in [1.29, 1.82) is 0 Å². The zero-order chi connectivity index (χ0) is 19.0. The summed E-state index contributed by atoms with van der Waals surface area (Å²) in [5.74, 6) is 1.10. The standard InChI is InChI=1S/C20H29N5O2/c1-15-18(16(2)27-22-15)13-25-19(26)5-7-20(25)6-4-9-24(10-8-20)12-17-11-21-14-23(17)3/h11,14H,4-10,12-13H2,1-3H3/t20-/m1/s1. The maximum Gasteiger partial charge on any atom is 0.223 e. The maximum absolute atomic E-state index is 12.7. The molecular formula is C20H29N5O2. The Morgan fingerprint density at radius 1 is 1.19 bits per heavy atom. The SMILES string of the molecule is Cc1noc(C)c1CN1C(=O)CC[C@@]12CCCN(Cc1cncn1C)CC2. The number of hydrogen-bond donors (Lipinski definition) is 0. The summed E-state index contributed by atoms with van der Waals surface area (Å²) < 4.78 is 7.41. The van der Waals surface area contributed by atoms with Gasteiger partial charge in [0.15, 0.2) is 0 Å². The van der Waals surface area contributed by atoms with Gasteiger partial charge >= 0.3 is 0 Å². The van der Waals surface area contributed by atoms with Crippen LogP contribution >= 0.6 is 0 Å². The number of aryl methyl sites for hydroxylation is 3.